The van der Waals surface area contributed by atoms with Gasteiger partial charge in [-0.2, -0.15) is 9.78 Å². The topological polar surface area (TPSA) is 60.3 Å². The molecule has 28 heavy (non-hydrogen) atoms. The van der Waals surface area contributed by atoms with Gasteiger partial charge in [0.05, 0.1) is 16.9 Å². The fourth-order valence-corrected chi connectivity index (χ4v) is 3.95. The van der Waals surface area contributed by atoms with Gasteiger partial charge >= 0.3 is 6.09 Å². The number of hydrogen-bond donors (Lipinski definition) is 0. The number of ether oxygens (including phenoxy) is 1. The molecule has 1 amide bonds. The Balaban J connectivity index is 1.88. The monoisotopic (exact) mass is 440 g/mol. The van der Waals surface area contributed by atoms with E-state index in [0.717, 1.165) is 39.8 Å². The summed E-state index contributed by atoms with van der Waals surface area (Å²) in [5, 5.41) is 4.79. The molecule has 0 saturated heterocycles. The van der Waals surface area contributed by atoms with E-state index in [1.165, 1.54) is 5.56 Å². The van der Waals surface area contributed by atoms with Crippen molar-refractivity contribution in [1.82, 2.24) is 19.7 Å². The summed E-state index contributed by atoms with van der Waals surface area (Å²) in [7, 11) is 0. The number of nitrogens with zero attached hydrogens (tertiary/aromatic N) is 4. The van der Waals surface area contributed by atoms with E-state index in [0.29, 0.717) is 19.0 Å². The van der Waals surface area contributed by atoms with Gasteiger partial charge in [0.25, 0.3) is 0 Å². The van der Waals surface area contributed by atoms with E-state index in [1.807, 2.05) is 32.0 Å². The number of hydrogen-bond acceptors (Lipinski definition) is 4. The molecule has 0 spiro atoms. The zero-order valence-electron chi connectivity index (χ0n) is 15.9. The van der Waals surface area contributed by atoms with E-state index in [2.05, 4.69) is 33.0 Å². The highest BCUT2D eigenvalue weighted by Gasteiger charge is 2.29. The van der Waals surface area contributed by atoms with Crippen LogP contribution in [0.25, 0.3) is 16.8 Å². The first-order valence-electron chi connectivity index (χ1n) is 9.40. The van der Waals surface area contributed by atoms with Crippen molar-refractivity contribution >= 4 is 22.0 Å². The molecule has 0 N–H and O–H groups in total. The number of pyridine rings is 1. The first-order chi connectivity index (χ1) is 13.6. The Kier molecular flexibility index (Phi) is 5.17. The minimum atomic E-state index is -0.368. The van der Waals surface area contributed by atoms with Gasteiger partial charge in [-0.3, -0.25) is 4.98 Å². The molecule has 0 unspecified atom stereocenters. The average molecular weight is 441 g/mol. The molecule has 7 heteroatoms. The number of carbonyl (C=O) groups excluding carboxylic acids is 1. The van der Waals surface area contributed by atoms with Crippen molar-refractivity contribution < 1.29 is 9.53 Å². The number of benzene rings is 1. The SMILES string of the molecule is CCN(CC)C(=O)Oc1c2c(nn1-c1ccncc1)CCc1cc(Br)ccc1-2. The van der Waals surface area contributed by atoms with Crippen LogP contribution in [0.1, 0.15) is 25.1 Å². The Morgan fingerprint density at radius 3 is 2.64 bits per heavy atom. The zero-order valence-corrected chi connectivity index (χ0v) is 17.4. The van der Waals surface area contributed by atoms with Gasteiger partial charge in [0.2, 0.25) is 5.88 Å². The van der Waals surface area contributed by atoms with Crippen LogP contribution in [0.3, 0.4) is 0 Å². The Morgan fingerprint density at radius 2 is 1.93 bits per heavy atom. The maximum atomic E-state index is 12.8. The predicted molar refractivity (Wildman–Crippen MR) is 111 cm³/mol. The van der Waals surface area contributed by atoms with Crippen molar-refractivity contribution in [3.05, 3.63) is 58.5 Å². The van der Waals surface area contributed by atoms with E-state index in [9.17, 15) is 4.79 Å². The van der Waals surface area contributed by atoms with Crippen molar-refractivity contribution in [3.8, 4) is 22.7 Å². The summed E-state index contributed by atoms with van der Waals surface area (Å²) in [5.74, 6) is 0.460. The van der Waals surface area contributed by atoms with Crippen molar-refractivity contribution in [1.29, 1.82) is 0 Å². The largest absolute Gasteiger partial charge is 0.416 e. The summed E-state index contributed by atoms with van der Waals surface area (Å²) in [5.41, 5.74) is 4.92. The molecule has 0 bridgehead atoms. The highest BCUT2D eigenvalue weighted by molar-refractivity contribution is 9.10. The number of aromatic nitrogens is 3. The second kappa shape index (κ2) is 7.75. The lowest BCUT2D eigenvalue weighted by molar-refractivity contribution is 0.154. The minimum absolute atomic E-state index is 0.368. The average Bonchev–Trinajstić information content (AvgIpc) is 3.08. The first kappa shape index (κ1) is 18.7. The third-order valence-electron chi connectivity index (χ3n) is 5.00. The quantitative estimate of drug-likeness (QED) is 0.592. The standard InChI is InChI=1S/C21H21BrN4O2/c1-3-25(4-2)21(27)28-20-19-17-7-6-15(22)13-14(17)5-8-18(19)24-26(20)16-9-11-23-12-10-16/h6-7,9-13H,3-5,8H2,1-2H3. The third-order valence-corrected chi connectivity index (χ3v) is 5.49. The molecular weight excluding hydrogens is 420 g/mol. The third kappa shape index (κ3) is 3.30. The summed E-state index contributed by atoms with van der Waals surface area (Å²) in [6.07, 6.45) is 4.74. The number of rotatable bonds is 4. The minimum Gasteiger partial charge on any atom is -0.390 e. The maximum Gasteiger partial charge on any atom is 0.416 e. The summed E-state index contributed by atoms with van der Waals surface area (Å²) < 4.78 is 8.68. The smallest absolute Gasteiger partial charge is 0.390 e. The Morgan fingerprint density at radius 1 is 1.18 bits per heavy atom. The van der Waals surface area contributed by atoms with Crippen LogP contribution in [0.15, 0.2) is 47.2 Å². The fourth-order valence-electron chi connectivity index (χ4n) is 3.54. The maximum absolute atomic E-state index is 12.8. The molecule has 3 aromatic rings. The van der Waals surface area contributed by atoms with Crippen LogP contribution in [0.2, 0.25) is 0 Å². The molecule has 0 fully saturated rings. The van der Waals surface area contributed by atoms with Crippen LogP contribution in [-0.4, -0.2) is 38.8 Å². The molecule has 0 aliphatic heterocycles. The molecule has 2 heterocycles. The van der Waals surface area contributed by atoms with Gasteiger partial charge in [0.1, 0.15) is 0 Å². The Bertz CT molecular complexity index is 1010. The molecule has 6 nitrogen and oxygen atoms in total. The number of halogens is 1. The Labute approximate surface area is 172 Å². The summed E-state index contributed by atoms with van der Waals surface area (Å²) in [6, 6.07) is 9.90. The van der Waals surface area contributed by atoms with Crippen molar-refractivity contribution in [2.24, 2.45) is 0 Å². The highest BCUT2D eigenvalue weighted by Crippen LogP contribution is 2.42. The molecule has 0 atom stereocenters. The van der Waals surface area contributed by atoms with Gasteiger partial charge in [-0.1, -0.05) is 22.0 Å². The Hall–Kier alpha value is -2.67. The van der Waals surface area contributed by atoms with E-state index in [-0.39, 0.29) is 6.09 Å². The summed E-state index contributed by atoms with van der Waals surface area (Å²) in [6.45, 7) is 5.05. The molecule has 144 valence electrons. The van der Waals surface area contributed by atoms with Crippen molar-refractivity contribution in [2.45, 2.75) is 26.7 Å². The second-order valence-corrected chi connectivity index (χ2v) is 7.50. The van der Waals surface area contributed by atoms with Gasteiger partial charge in [-0.15, -0.1) is 0 Å². The van der Waals surface area contributed by atoms with E-state index >= 15 is 0 Å². The van der Waals surface area contributed by atoms with Crippen LogP contribution in [-0.2, 0) is 12.8 Å². The van der Waals surface area contributed by atoms with Gasteiger partial charge in [-0.25, -0.2) is 4.79 Å². The zero-order chi connectivity index (χ0) is 19.7. The normalized spacial score (nSPS) is 12.2. The lowest BCUT2D eigenvalue weighted by Gasteiger charge is -2.20. The van der Waals surface area contributed by atoms with Crippen LogP contribution >= 0.6 is 15.9 Å². The van der Waals surface area contributed by atoms with Crippen LogP contribution in [0.5, 0.6) is 5.88 Å². The summed E-state index contributed by atoms with van der Waals surface area (Å²) >= 11 is 3.55. The van der Waals surface area contributed by atoms with E-state index < -0.39 is 0 Å². The van der Waals surface area contributed by atoms with Crippen LogP contribution < -0.4 is 4.74 Å². The predicted octanol–water partition coefficient (Wildman–Crippen LogP) is 4.64. The van der Waals surface area contributed by atoms with Crippen LogP contribution in [0, 0.1) is 0 Å². The lowest BCUT2D eigenvalue weighted by atomic mass is 9.90. The van der Waals surface area contributed by atoms with Gasteiger partial charge in [0.15, 0.2) is 0 Å². The molecule has 0 radical (unpaired) electrons. The molecule has 4 rings (SSSR count). The second-order valence-electron chi connectivity index (χ2n) is 6.59. The fraction of sp³-hybridized carbons (Fsp3) is 0.286. The number of fused-ring (bicyclic) bond motifs is 3. The van der Waals surface area contributed by atoms with E-state index in [4.69, 9.17) is 9.84 Å². The highest BCUT2D eigenvalue weighted by atomic mass is 79.9. The molecule has 1 aliphatic carbocycles. The molecule has 2 aromatic heterocycles. The lowest BCUT2D eigenvalue weighted by Crippen LogP contribution is -2.33. The molecule has 1 aromatic carbocycles. The number of aryl methyl sites for hydroxylation is 2. The van der Waals surface area contributed by atoms with Gasteiger partial charge < -0.3 is 9.64 Å². The van der Waals surface area contributed by atoms with Crippen molar-refractivity contribution in [3.63, 3.8) is 0 Å². The van der Waals surface area contributed by atoms with Crippen LogP contribution in [0.4, 0.5) is 4.79 Å². The molecular formula is C21H21BrN4O2. The first-order valence-corrected chi connectivity index (χ1v) is 10.2. The number of amides is 1. The van der Waals surface area contributed by atoms with E-state index in [1.54, 1.807) is 22.0 Å². The van der Waals surface area contributed by atoms with Gasteiger partial charge in [0, 0.05) is 30.0 Å². The van der Waals surface area contributed by atoms with Gasteiger partial charge in [-0.05, 0) is 62.1 Å². The molecule has 1 aliphatic rings. The summed E-state index contributed by atoms with van der Waals surface area (Å²) in [4.78, 5) is 18.5. The number of carbonyl (C=O) groups is 1. The van der Waals surface area contributed by atoms with Crippen molar-refractivity contribution in [2.75, 3.05) is 13.1 Å². The molecule has 0 saturated carbocycles.